The number of rotatable bonds is 2. The average molecular weight is 214 g/mol. The molecule has 1 saturated heterocycles. The quantitative estimate of drug-likeness (QED) is 0.755. The van der Waals surface area contributed by atoms with Gasteiger partial charge >= 0.3 is 0 Å². The van der Waals surface area contributed by atoms with Crippen molar-refractivity contribution in [1.29, 1.82) is 5.26 Å². The normalized spacial score (nSPS) is 20.5. The first kappa shape index (κ1) is 11.0. The van der Waals surface area contributed by atoms with Gasteiger partial charge in [0.1, 0.15) is 0 Å². The molecule has 2 nitrogen and oxygen atoms in total. The van der Waals surface area contributed by atoms with Gasteiger partial charge in [0.2, 0.25) is 0 Å². The van der Waals surface area contributed by atoms with Crippen molar-refractivity contribution in [3.63, 3.8) is 0 Å². The number of hydrogen-bond donors (Lipinski definition) is 0. The number of piperidine rings is 1. The number of aryl methyl sites for hydroxylation is 1. The lowest BCUT2D eigenvalue weighted by atomic mass is 9.99. The van der Waals surface area contributed by atoms with Crippen molar-refractivity contribution >= 4 is 5.69 Å². The number of anilines is 1. The Morgan fingerprint density at radius 1 is 1.31 bits per heavy atom. The summed E-state index contributed by atoms with van der Waals surface area (Å²) in [7, 11) is 0. The summed E-state index contributed by atoms with van der Waals surface area (Å²) in [5.41, 5.74) is 2.56. The molecule has 0 saturated carbocycles. The van der Waals surface area contributed by atoms with Gasteiger partial charge in [-0.15, -0.1) is 0 Å². The molecule has 2 heteroatoms. The van der Waals surface area contributed by atoms with Gasteiger partial charge in [-0.05, 0) is 38.3 Å². The predicted octanol–water partition coefficient (Wildman–Crippen LogP) is 3.27. The molecule has 1 atom stereocenters. The maximum absolute atomic E-state index is 8.85. The monoisotopic (exact) mass is 214 g/mol. The largest absolute Gasteiger partial charge is 0.368 e. The van der Waals surface area contributed by atoms with Gasteiger partial charge < -0.3 is 4.90 Å². The number of benzene rings is 1. The fourth-order valence-corrected chi connectivity index (χ4v) is 2.39. The van der Waals surface area contributed by atoms with Gasteiger partial charge in [-0.1, -0.05) is 17.7 Å². The second-order valence-corrected chi connectivity index (χ2v) is 4.54. The van der Waals surface area contributed by atoms with Crippen molar-refractivity contribution in [1.82, 2.24) is 0 Å². The summed E-state index contributed by atoms with van der Waals surface area (Å²) in [4.78, 5) is 2.40. The first-order chi connectivity index (χ1) is 7.81. The summed E-state index contributed by atoms with van der Waals surface area (Å²) in [5.74, 6) is 0. The number of nitrogens with zero attached hydrogens (tertiary/aromatic N) is 2. The molecule has 84 valence electrons. The zero-order valence-electron chi connectivity index (χ0n) is 9.82. The molecule has 1 unspecified atom stereocenters. The van der Waals surface area contributed by atoms with Crippen LogP contribution in [0, 0.1) is 18.3 Å². The summed E-state index contributed by atoms with van der Waals surface area (Å²) in [6.45, 7) is 3.20. The van der Waals surface area contributed by atoms with E-state index < -0.39 is 0 Å². The molecule has 0 spiro atoms. The van der Waals surface area contributed by atoms with Gasteiger partial charge in [-0.3, -0.25) is 0 Å². The van der Waals surface area contributed by atoms with Crippen molar-refractivity contribution < 1.29 is 0 Å². The summed E-state index contributed by atoms with van der Waals surface area (Å²) >= 11 is 0. The highest BCUT2D eigenvalue weighted by molar-refractivity contribution is 5.49. The maximum atomic E-state index is 8.85. The lowest BCUT2D eigenvalue weighted by Crippen LogP contribution is -2.39. The maximum Gasteiger partial charge on any atom is 0.0643 e. The van der Waals surface area contributed by atoms with E-state index in [-0.39, 0.29) is 0 Å². The van der Waals surface area contributed by atoms with Gasteiger partial charge in [0.25, 0.3) is 0 Å². The third kappa shape index (κ3) is 2.36. The summed E-state index contributed by atoms with van der Waals surface area (Å²) in [5, 5.41) is 8.85. The second kappa shape index (κ2) is 5.03. The van der Waals surface area contributed by atoms with Gasteiger partial charge in [0.15, 0.2) is 0 Å². The van der Waals surface area contributed by atoms with Gasteiger partial charge in [0.05, 0.1) is 12.5 Å². The zero-order chi connectivity index (χ0) is 11.4. The van der Waals surface area contributed by atoms with Crippen molar-refractivity contribution in [2.45, 2.75) is 38.6 Å². The molecule has 1 aromatic rings. The van der Waals surface area contributed by atoms with Crippen LogP contribution in [0.25, 0.3) is 0 Å². The van der Waals surface area contributed by atoms with Gasteiger partial charge in [0, 0.05) is 18.3 Å². The smallest absolute Gasteiger partial charge is 0.0643 e. The van der Waals surface area contributed by atoms with Crippen molar-refractivity contribution in [2.24, 2.45) is 0 Å². The van der Waals surface area contributed by atoms with E-state index in [0.29, 0.717) is 12.5 Å². The minimum Gasteiger partial charge on any atom is -0.368 e. The molecule has 0 N–H and O–H groups in total. The van der Waals surface area contributed by atoms with Crippen LogP contribution >= 0.6 is 0 Å². The highest BCUT2D eigenvalue weighted by Crippen LogP contribution is 2.26. The lowest BCUT2D eigenvalue weighted by molar-refractivity contribution is 0.464. The Balaban J connectivity index is 2.16. The molecule has 1 aromatic carbocycles. The Bertz CT molecular complexity index is 375. The summed E-state index contributed by atoms with van der Waals surface area (Å²) in [6, 6.07) is 11.4. The number of hydrogen-bond acceptors (Lipinski definition) is 2. The molecule has 2 rings (SSSR count). The zero-order valence-corrected chi connectivity index (χ0v) is 9.82. The molecule has 1 fully saturated rings. The average Bonchev–Trinajstić information content (AvgIpc) is 2.32. The van der Waals surface area contributed by atoms with Crippen molar-refractivity contribution in [2.75, 3.05) is 11.4 Å². The van der Waals surface area contributed by atoms with Crippen LogP contribution in [0.5, 0.6) is 0 Å². The molecular formula is C14H18N2. The van der Waals surface area contributed by atoms with Crippen LogP contribution < -0.4 is 4.90 Å². The Hall–Kier alpha value is -1.49. The van der Waals surface area contributed by atoms with Crippen LogP contribution in [0.4, 0.5) is 5.69 Å². The Morgan fingerprint density at radius 2 is 2.06 bits per heavy atom. The Kier molecular flexibility index (Phi) is 3.46. The van der Waals surface area contributed by atoms with Crippen LogP contribution in [0.3, 0.4) is 0 Å². The minimum atomic E-state index is 0.418. The van der Waals surface area contributed by atoms with E-state index in [9.17, 15) is 0 Å². The highest BCUT2D eigenvalue weighted by atomic mass is 15.2. The van der Waals surface area contributed by atoms with Crippen LogP contribution in [-0.2, 0) is 0 Å². The first-order valence-corrected chi connectivity index (χ1v) is 6.01. The molecule has 0 aromatic heterocycles. The SMILES string of the molecule is Cc1ccc(N2CCCCC2CC#N)cc1. The fraction of sp³-hybridized carbons (Fsp3) is 0.500. The van der Waals surface area contributed by atoms with E-state index in [2.05, 4.69) is 42.2 Å². The third-order valence-corrected chi connectivity index (χ3v) is 3.32. The molecule has 1 heterocycles. The molecule has 1 aliphatic rings. The molecule has 0 bridgehead atoms. The van der Waals surface area contributed by atoms with Crippen LogP contribution in [0.15, 0.2) is 24.3 Å². The van der Waals surface area contributed by atoms with E-state index in [1.807, 2.05) is 0 Å². The molecular weight excluding hydrogens is 196 g/mol. The van der Waals surface area contributed by atoms with E-state index >= 15 is 0 Å². The molecule has 0 aliphatic carbocycles. The molecule has 1 aliphatic heterocycles. The predicted molar refractivity (Wildman–Crippen MR) is 66.4 cm³/mol. The lowest BCUT2D eigenvalue weighted by Gasteiger charge is -2.36. The van der Waals surface area contributed by atoms with Crippen molar-refractivity contribution in [3.8, 4) is 6.07 Å². The van der Waals surface area contributed by atoms with Gasteiger partial charge in [-0.2, -0.15) is 5.26 Å². The molecule has 0 amide bonds. The van der Waals surface area contributed by atoms with Gasteiger partial charge in [-0.25, -0.2) is 0 Å². The Labute approximate surface area is 97.5 Å². The standard InChI is InChI=1S/C14H18N2/c1-12-5-7-14(8-6-12)16-11-3-2-4-13(16)9-10-15/h5-8,13H,2-4,9,11H2,1H3. The van der Waals surface area contributed by atoms with Crippen LogP contribution in [0.1, 0.15) is 31.2 Å². The fourth-order valence-electron chi connectivity index (χ4n) is 2.39. The second-order valence-electron chi connectivity index (χ2n) is 4.54. The van der Waals surface area contributed by atoms with E-state index in [0.717, 1.165) is 13.0 Å². The first-order valence-electron chi connectivity index (χ1n) is 6.01. The summed E-state index contributed by atoms with van der Waals surface area (Å²) < 4.78 is 0. The van der Waals surface area contributed by atoms with E-state index in [1.165, 1.54) is 24.1 Å². The number of nitriles is 1. The van der Waals surface area contributed by atoms with Crippen molar-refractivity contribution in [3.05, 3.63) is 29.8 Å². The Morgan fingerprint density at radius 3 is 2.75 bits per heavy atom. The molecule has 16 heavy (non-hydrogen) atoms. The van der Waals surface area contributed by atoms with Crippen LogP contribution in [0.2, 0.25) is 0 Å². The van der Waals surface area contributed by atoms with E-state index in [1.54, 1.807) is 0 Å². The summed E-state index contributed by atoms with van der Waals surface area (Å²) in [6.07, 6.45) is 4.31. The van der Waals surface area contributed by atoms with Crippen LogP contribution in [-0.4, -0.2) is 12.6 Å². The minimum absolute atomic E-state index is 0.418. The molecule has 0 radical (unpaired) electrons. The van der Waals surface area contributed by atoms with E-state index in [4.69, 9.17) is 5.26 Å². The third-order valence-electron chi connectivity index (χ3n) is 3.32. The highest BCUT2D eigenvalue weighted by Gasteiger charge is 2.21. The topological polar surface area (TPSA) is 27.0 Å².